The van der Waals surface area contributed by atoms with E-state index in [4.69, 9.17) is 9.47 Å². The third-order valence-electron chi connectivity index (χ3n) is 2.74. The van der Waals surface area contributed by atoms with E-state index in [9.17, 15) is 14.3 Å². The summed E-state index contributed by atoms with van der Waals surface area (Å²) in [6, 6.07) is -0.384. The van der Waals surface area contributed by atoms with Crippen LogP contribution in [-0.4, -0.2) is 53.9 Å². The van der Waals surface area contributed by atoms with E-state index < -0.39 is 24.2 Å². The summed E-state index contributed by atoms with van der Waals surface area (Å²) in [5, 5.41) is 9.41. The maximum Gasteiger partial charge on any atom is 0.410 e. The third-order valence-corrected chi connectivity index (χ3v) is 2.74. The lowest BCUT2D eigenvalue weighted by molar-refractivity contribution is -0.0888. The lowest BCUT2D eigenvalue weighted by Crippen LogP contribution is -2.41. The van der Waals surface area contributed by atoms with Gasteiger partial charge < -0.3 is 19.5 Å². The molecule has 0 radical (unpaired) electrons. The van der Waals surface area contributed by atoms with Crippen LogP contribution in [0.15, 0.2) is 0 Å². The Morgan fingerprint density at radius 3 is 2.67 bits per heavy atom. The number of carbonyl (C=O) groups excluding carboxylic acids is 1. The maximum atomic E-state index is 13.4. The molecule has 0 aromatic carbocycles. The molecule has 1 fully saturated rings. The second kappa shape index (κ2) is 5.84. The first-order chi connectivity index (χ1) is 8.23. The van der Waals surface area contributed by atoms with Crippen LogP contribution < -0.4 is 0 Å². The molecular weight excluding hydrogens is 241 g/mol. The van der Waals surface area contributed by atoms with Gasteiger partial charge in [-0.15, -0.1) is 0 Å². The molecule has 1 N–H and O–H groups in total. The van der Waals surface area contributed by atoms with Crippen molar-refractivity contribution in [1.82, 2.24) is 4.90 Å². The first-order valence-corrected chi connectivity index (χ1v) is 6.07. The summed E-state index contributed by atoms with van der Waals surface area (Å²) in [7, 11) is 1.37. The van der Waals surface area contributed by atoms with Crippen molar-refractivity contribution >= 4 is 6.09 Å². The van der Waals surface area contributed by atoms with E-state index in [0.717, 1.165) is 0 Å². The minimum absolute atomic E-state index is 0.00993. The third kappa shape index (κ3) is 4.42. The van der Waals surface area contributed by atoms with E-state index in [0.29, 0.717) is 0 Å². The Morgan fingerprint density at radius 2 is 2.17 bits per heavy atom. The zero-order valence-corrected chi connectivity index (χ0v) is 11.4. The Bertz CT molecular complexity index is 292. The number of methoxy groups -OCH3 is 1. The zero-order valence-electron chi connectivity index (χ0n) is 11.4. The van der Waals surface area contributed by atoms with Crippen LogP contribution >= 0.6 is 0 Å². The largest absolute Gasteiger partial charge is 0.444 e. The van der Waals surface area contributed by atoms with Gasteiger partial charge in [0.05, 0.1) is 6.54 Å². The molecular formula is C12H22FNO4. The summed E-state index contributed by atoms with van der Waals surface area (Å²) in [6.45, 7) is 5.28. The molecule has 0 aliphatic carbocycles. The van der Waals surface area contributed by atoms with Crippen molar-refractivity contribution in [1.29, 1.82) is 0 Å². The molecule has 0 aromatic heterocycles. The number of aliphatic hydroxyl groups is 1. The summed E-state index contributed by atoms with van der Waals surface area (Å²) in [5.74, 6) is 0. The van der Waals surface area contributed by atoms with Crippen molar-refractivity contribution in [3.05, 3.63) is 0 Å². The molecule has 0 aromatic rings. The fourth-order valence-corrected chi connectivity index (χ4v) is 1.96. The SMILES string of the molecule is CO[C@@H](O)C[C@@H]1C[C@@H](F)CN1C(=O)OC(C)(C)C. The molecule has 1 saturated heterocycles. The Morgan fingerprint density at radius 1 is 1.56 bits per heavy atom. The van der Waals surface area contributed by atoms with Crippen LogP contribution in [-0.2, 0) is 9.47 Å². The Kier molecular flexibility index (Phi) is 4.92. The molecule has 1 amide bonds. The van der Waals surface area contributed by atoms with Gasteiger partial charge in [0.25, 0.3) is 0 Å². The predicted octanol–water partition coefficient (Wildman–Crippen LogP) is 1.69. The number of rotatable bonds is 3. The smallest absolute Gasteiger partial charge is 0.410 e. The molecule has 5 nitrogen and oxygen atoms in total. The molecule has 106 valence electrons. The van der Waals surface area contributed by atoms with E-state index in [1.807, 2.05) is 0 Å². The van der Waals surface area contributed by atoms with Crippen molar-refractivity contribution < 1.29 is 23.8 Å². The minimum Gasteiger partial charge on any atom is -0.444 e. The number of halogens is 1. The van der Waals surface area contributed by atoms with Crippen LogP contribution in [0, 0.1) is 0 Å². The van der Waals surface area contributed by atoms with Crippen LogP contribution in [0.1, 0.15) is 33.6 Å². The van der Waals surface area contributed by atoms with Crippen LogP contribution in [0.5, 0.6) is 0 Å². The van der Waals surface area contributed by atoms with Crippen molar-refractivity contribution in [2.24, 2.45) is 0 Å². The monoisotopic (exact) mass is 263 g/mol. The lowest BCUT2D eigenvalue weighted by Gasteiger charge is -2.29. The number of likely N-dealkylation sites (tertiary alicyclic amines) is 1. The van der Waals surface area contributed by atoms with Gasteiger partial charge in [-0.05, 0) is 20.8 Å². The predicted molar refractivity (Wildman–Crippen MR) is 63.9 cm³/mol. The minimum atomic E-state index is -1.08. The molecule has 1 heterocycles. The van der Waals surface area contributed by atoms with Gasteiger partial charge in [-0.25, -0.2) is 9.18 Å². The van der Waals surface area contributed by atoms with Crippen molar-refractivity contribution in [2.75, 3.05) is 13.7 Å². The molecule has 0 spiro atoms. The molecule has 0 unspecified atom stereocenters. The molecule has 18 heavy (non-hydrogen) atoms. The van der Waals surface area contributed by atoms with Gasteiger partial charge in [0.2, 0.25) is 0 Å². The van der Waals surface area contributed by atoms with Crippen LogP contribution in [0.2, 0.25) is 0 Å². The Labute approximate surface area is 107 Å². The number of carbonyl (C=O) groups is 1. The van der Waals surface area contributed by atoms with Crippen molar-refractivity contribution in [2.45, 2.75) is 57.7 Å². The van der Waals surface area contributed by atoms with Crippen LogP contribution in [0.3, 0.4) is 0 Å². The lowest BCUT2D eigenvalue weighted by atomic mass is 10.1. The quantitative estimate of drug-likeness (QED) is 0.787. The van der Waals surface area contributed by atoms with E-state index in [1.165, 1.54) is 12.0 Å². The number of ether oxygens (including phenoxy) is 2. The van der Waals surface area contributed by atoms with Gasteiger partial charge in [0.1, 0.15) is 11.8 Å². The highest BCUT2D eigenvalue weighted by atomic mass is 19.1. The molecule has 1 aliphatic heterocycles. The first-order valence-electron chi connectivity index (χ1n) is 6.07. The van der Waals surface area contributed by atoms with Gasteiger partial charge in [-0.1, -0.05) is 0 Å². The fraction of sp³-hybridized carbons (Fsp3) is 0.917. The van der Waals surface area contributed by atoms with E-state index in [-0.39, 0.29) is 25.4 Å². The van der Waals surface area contributed by atoms with Gasteiger partial charge >= 0.3 is 6.09 Å². The second-order valence-corrected chi connectivity index (χ2v) is 5.55. The van der Waals surface area contributed by atoms with Gasteiger partial charge in [-0.2, -0.15) is 0 Å². The zero-order chi connectivity index (χ0) is 13.9. The van der Waals surface area contributed by atoms with Crippen molar-refractivity contribution in [3.63, 3.8) is 0 Å². The van der Waals surface area contributed by atoms with Gasteiger partial charge in [-0.3, -0.25) is 0 Å². The molecule has 1 aliphatic rings. The Balaban J connectivity index is 2.63. The molecule has 6 heteroatoms. The number of hydrogen-bond acceptors (Lipinski definition) is 4. The van der Waals surface area contributed by atoms with Crippen LogP contribution in [0.4, 0.5) is 9.18 Å². The highest BCUT2D eigenvalue weighted by Crippen LogP contribution is 2.26. The van der Waals surface area contributed by atoms with E-state index in [2.05, 4.69) is 0 Å². The normalized spacial score (nSPS) is 26.2. The maximum absolute atomic E-state index is 13.4. The van der Waals surface area contributed by atoms with E-state index >= 15 is 0 Å². The number of amides is 1. The second-order valence-electron chi connectivity index (χ2n) is 5.55. The van der Waals surface area contributed by atoms with Crippen LogP contribution in [0.25, 0.3) is 0 Å². The van der Waals surface area contributed by atoms with Crippen molar-refractivity contribution in [3.8, 4) is 0 Å². The summed E-state index contributed by atoms with van der Waals surface area (Å²) in [6.07, 6.45) is -2.22. The highest BCUT2D eigenvalue weighted by Gasteiger charge is 2.38. The topological polar surface area (TPSA) is 59.0 Å². The van der Waals surface area contributed by atoms with E-state index in [1.54, 1.807) is 20.8 Å². The number of aliphatic hydroxyl groups excluding tert-OH is 1. The summed E-state index contributed by atoms with van der Waals surface area (Å²) in [5.41, 5.74) is -0.615. The first kappa shape index (κ1) is 15.2. The number of nitrogens with zero attached hydrogens (tertiary/aromatic N) is 1. The summed E-state index contributed by atoms with van der Waals surface area (Å²) in [4.78, 5) is 13.2. The molecule has 0 bridgehead atoms. The fourth-order valence-electron chi connectivity index (χ4n) is 1.96. The summed E-state index contributed by atoms with van der Waals surface area (Å²) >= 11 is 0. The van der Waals surface area contributed by atoms with Gasteiger partial charge in [0.15, 0.2) is 6.29 Å². The number of alkyl halides is 1. The molecule has 3 atom stereocenters. The molecule has 0 saturated carbocycles. The number of hydrogen-bond donors (Lipinski definition) is 1. The average Bonchev–Trinajstić information content (AvgIpc) is 2.56. The summed E-state index contributed by atoms with van der Waals surface area (Å²) < 4.78 is 23.3. The molecule has 1 rings (SSSR count). The highest BCUT2D eigenvalue weighted by molar-refractivity contribution is 5.69. The standard InChI is InChI=1S/C12H22FNO4/c1-12(2,3)18-11(16)14-7-8(13)5-9(14)6-10(15)17-4/h8-10,15H,5-7H2,1-4H3/t8-,9+,10-/m1/s1. The Hall–Kier alpha value is -0.880. The average molecular weight is 263 g/mol. The van der Waals surface area contributed by atoms with Gasteiger partial charge in [0, 0.05) is 26.0 Å².